The maximum absolute atomic E-state index is 13.3. The number of alkyl halides is 3. The van der Waals surface area contributed by atoms with Crippen LogP contribution in [0.2, 0.25) is 0 Å². The molecule has 3 aromatic rings. The predicted octanol–water partition coefficient (Wildman–Crippen LogP) is 3.82. The molecular weight excluding hydrogens is 411 g/mol. The molecule has 1 fully saturated rings. The second kappa shape index (κ2) is 8.07. The van der Waals surface area contributed by atoms with Gasteiger partial charge in [0.25, 0.3) is 5.91 Å². The van der Waals surface area contributed by atoms with E-state index >= 15 is 0 Å². The summed E-state index contributed by atoms with van der Waals surface area (Å²) >= 11 is 0. The summed E-state index contributed by atoms with van der Waals surface area (Å²) < 4.78 is 45.1. The summed E-state index contributed by atoms with van der Waals surface area (Å²) in [5.41, 5.74) is -1.23. The van der Waals surface area contributed by atoms with E-state index in [1.54, 1.807) is 24.3 Å². The number of piperazine rings is 1. The van der Waals surface area contributed by atoms with E-state index in [0.29, 0.717) is 29.7 Å². The molecule has 1 aromatic heterocycles. The zero-order chi connectivity index (χ0) is 22.2. The highest BCUT2D eigenvalue weighted by Gasteiger charge is 2.32. The molecule has 31 heavy (non-hydrogen) atoms. The smallest absolute Gasteiger partial charge is 0.416 e. The van der Waals surface area contributed by atoms with Crippen LogP contribution < -0.4 is 15.8 Å². The van der Waals surface area contributed by atoms with Crippen molar-refractivity contribution in [1.29, 1.82) is 0 Å². The minimum absolute atomic E-state index is 0.00284. The van der Waals surface area contributed by atoms with Crippen LogP contribution in [-0.2, 0) is 6.18 Å². The number of carbonyl (C=O) groups is 1. The lowest BCUT2D eigenvalue weighted by atomic mass is 10.1. The Morgan fingerprint density at radius 1 is 1.03 bits per heavy atom. The van der Waals surface area contributed by atoms with Crippen molar-refractivity contribution in [3.63, 3.8) is 0 Å². The van der Waals surface area contributed by atoms with E-state index < -0.39 is 23.3 Å². The van der Waals surface area contributed by atoms with E-state index in [2.05, 4.69) is 10.2 Å². The van der Waals surface area contributed by atoms with Gasteiger partial charge in [-0.3, -0.25) is 4.79 Å². The van der Waals surface area contributed by atoms with Gasteiger partial charge in [-0.25, -0.2) is 4.79 Å². The molecule has 1 aliphatic heterocycles. The quantitative estimate of drug-likeness (QED) is 0.639. The van der Waals surface area contributed by atoms with E-state index in [1.165, 1.54) is 12.1 Å². The van der Waals surface area contributed by atoms with Crippen LogP contribution in [0.4, 0.5) is 24.5 Å². The van der Waals surface area contributed by atoms with Gasteiger partial charge in [0.15, 0.2) is 0 Å². The number of para-hydroxylation sites is 1. The third kappa shape index (κ3) is 4.41. The van der Waals surface area contributed by atoms with Crippen LogP contribution in [0.1, 0.15) is 15.9 Å². The molecule has 0 aliphatic carbocycles. The zero-order valence-corrected chi connectivity index (χ0v) is 16.7. The molecule has 0 spiro atoms. The summed E-state index contributed by atoms with van der Waals surface area (Å²) in [6.45, 7) is 2.68. The lowest BCUT2D eigenvalue weighted by molar-refractivity contribution is -0.137. The van der Waals surface area contributed by atoms with Crippen LogP contribution in [0.3, 0.4) is 0 Å². The van der Waals surface area contributed by atoms with Crippen molar-refractivity contribution in [2.24, 2.45) is 0 Å². The Bertz CT molecular complexity index is 1180. The van der Waals surface area contributed by atoms with Gasteiger partial charge >= 0.3 is 11.8 Å². The molecule has 2 aromatic carbocycles. The van der Waals surface area contributed by atoms with Crippen molar-refractivity contribution in [3.05, 3.63) is 70.1 Å². The second-order valence-corrected chi connectivity index (χ2v) is 7.46. The summed E-state index contributed by atoms with van der Waals surface area (Å²) in [6.07, 6.45) is -4.57. The second-order valence-electron chi connectivity index (χ2n) is 7.46. The monoisotopic (exact) mass is 431 g/mol. The van der Waals surface area contributed by atoms with Crippen molar-refractivity contribution in [1.82, 2.24) is 4.90 Å². The van der Waals surface area contributed by atoms with Gasteiger partial charge < -0.3 is 19.5 Å². The normalized spacial score (nSPS) is 15.3. The highest BCUT2D eigenvalue weighted by Crippen LogP contribution is 2.36. The van der Waals surface area contributed by atoms with Crippen molar-refractivity contribution in [2.45, 2.75) is 6.18 Å². The summed E-state index contributed by atoms with van der Waals surface area (Å²) in [7, 11) is 1.96. The van der Waals surface area contributed by atoms with Crippen LogP contribution in [-0.4, -0.2) is 44.0 Å². The van der Waals surface area contributed by atoms with Crippen LogP contribution in [0.5, 0.6) is 0 Å². The number of halogens is 3. The van der Waals surface area contributed by atoms with Gasteiger partial charge in [-0.2, -0.15) is 13.2 Å². The van der Waals surface area contributed by atoms with Gasteiger partial charge in [-0.05, 0) is 37.4 Å². The average Bonchev–Trinajstić information content (AvgIpc) is 2.73. The third-order valence-electron chi connectivity index (χ3n) is 5.30. The molecule has 9 heteroatoms. The maximum atomic E-state index is 13.3. The Morgan fingerprint density at radius 3 is 2.45 bits per heavy atom. The number of nitrogens with zero attached hydrogens (tertiary/aromatic N) is 2. The molecule has 1 N–H and O–H groups in total. The number of hydrogen-bond donors (Lipinski definition) is 1. The molecule has 0 bridgehead atoms. The van der Waals surface area contributed by atoms with Crippen LogP contribution in [0.25, 0.3) is 11.0 Å². The van der Waals surface area contributed by atoms with Crippen molar-refractivity contribution < 1.29 is 22.4 Å². The van der Waals surface area contributed by atoms with Gasteiger partial charge in [0, 0.05) is 31.6 Å². The Balaban J connectivity index is 1.71. The molecule has 2 heterocycles. The third-order valence-corrected chi connectivity index (χ3v) is 5.30. The van der Waals surface area contributed by atoms with Gasteiger partial charge in [0.05, 0.1) is 16.9 Å². The summed E-state index contributed by atoms with van der Waals surface area (Å²) in [6, 6.07) is 11.3. The number of anilines is 2. The van der Waals surface area contributed by atoms with E-state index in [1.807, 2.05) is 11.9 Å². The Kier molecular flexibility index (Phi) is 5.45. The van der Waals surface area contributed by atoms with Gasteiger partial charge in [-0.15, -0.1) is 0 Å². The molecular formula is C22H20F3N3O3. The van der Waals surface area contributed by atoms with E-state index in [0.717, 1.165) is 25.2 Å². The SMILES string of the molecule is CN1CCN(c2ccc(C(F)(F)F)cc2NC(=O)c2cc3ccccc3oc2=O)CC1. The first-order chi connectivity index (χ1) is 14.7. The molecule has 1 aliphatic rings. The Morgan fingerprint density at radius 2 is 1.74 bits per heavy atom. The number of benzene rings is 2. The first-order valence-corrected chi connectivity index (χ1v) is 9.71. The number of hydrogen-bond acceptors (Lipinski definition) is 5. The predicted molar refractivity (Wildman–Crippen MR) is 112 cm³/mol. The fourth-order valence-corrected chi connectivity index (χ4v) is 3.55. The van der Waals surface area contributed by atoms with Crippen molar-refractivity contribution in [2.75, 3.05) is 43.4 Å². The topological polar surface area (TPSA) is 65.8 Å². The van der Waals surface area contributed by atoms with Crippen molar-refractivity contribution >= 4 is 28.3 Å². The maximum Gasteiger partial charge on any atom is 0.416 e. The molecule has 1 amide bonds. The zero-order valence-electron chi connectivity index (χ0n) is 16.7. The number of carbonyl (C=O) groups excluding carboxylic acids is 1. The molecule has 162 valence electrons. The van der Waals surface area contributed by atoms with Crippen LogP contribution >= 0.6 is 0 Å². The summed E-state index contributed by atoms with van der Waals surface area (Å²) in [4.78, 5) is 29.2. The molecule has 0 unspecified atom stereocenters. The minimum atomic E-state index is -4.57. The number of amides is 1. The molecule has 0 radical (unpaired) electrons. The first-order valence-electron chi connectivity index (χ1n) is 9.71. The highest BCUT2D eigenvalue weighted by atomic mass is 19.4. The molecule has 0 saturated carbocycles. The van der Waals surface area contributed by atoms with Crippen LogP contribution in [0.15, 0.2) is 57.7 Å². The number of fused-ring (bicyclic) bond motifs is 1. The lowest BCUT2D eigenvalue weighted by Crippen LogP contribution is -2.44. The van der Waals surface area contributed by atoms with E-state index in [9.17, 15) is 22.8 Å². The number of rotatable bonds is 3. The van der Waals surface area contributed by atoms with Gasteiger partial charge in [-0.1, -0.05) is 18.2 Å². The van der Waals surface area contributed by atoms with Crippen LogP contribution in [0, 0.1) is 0 Å². The van der Waals surface area contributed by atoms with E-state index in [-0.39, 0.29) is 11.3 Å². The summed E-state index contributed by atoms with van der Waals surface area (Å²) in [5, 5.41) is 3.04. The largest absolute Gasteiger partial charge is 0.422 e. The fraction of sp³-hybridized carbons (Fsp3) is 0.273. The molecule has 4 rings (SSSR count). The highest BCUT2D eigenvalue weighted by molar-refractivity contribution is 6.07. The fourth-order valence-electron chi connectivity index (χ4n) is 3.55. The summed E-state index contributed by atoms with van der Waals surface area (Å²) in [5.74, 6) is -0.825. The van der Waals surface area contributed by atoms with Crippen molar-refractivity contribution in [3.8, 4) is 0 Å². The van der Waals surface area contributed by atoms with E-state index in [4.69, 9.17) is 4.42 Å². The average molecular weight is 431 g/mol. The number of likely N-dealkylation sites (N-methyl/N-ethyl adjacent to an activating group) is 1. The first kappa shape index (κ1) is 20.9. The number of nitrogens with one attached hydrogen (secondary N) is 1. The molecule has 6 nitrogen and oxygen atoms in total. The lowest BCUT2D eigenvalue weighted by Gasteiger charge is -2.35. The molecule has 0 atom stereocenters. The standard InChI is InChI=1S/C22H20F3N3O3/c1-27-8-10-28(11-9-27)18-7-6-15(22(23,24)25)13-17(18)26-20(29)16-12-14-4-2-3-5-19(14)31-21(16)30/h2-7,12-13H,8-11H2,1H3,(H,26,29). The Hall–Kier alpha value is -3.33. The molecule has 1 saturated heterocycles. The Labute approximate surface area is 175 Å². The minimum Gasteiger partial charge on any atom is -0.422 e. The van der Waals surface area contributed by atoms with Gasteiger partial charge in [0.1, 0.15) is 11.1 Å². The van der Waals surface area contributed by atoms with Gasteiger partial charge in [0.2, 0.25) is 0 Å².